The maximum atomic E-state index is 11.3. The molecular weight excluding hydrogens is 304 g/mol. The normalized spacial score (nSPS) is 38.2. The number of aliphatic hydroxyl groups excluding tert-OH is 1. The van der Waals surface area contributed by atoms with Crippen LogP contribution in [0.2, 0.25) is 0 Å². The van der Waals surface area contributed by atoms with Crippen molar-refractivity contribution in [3.05, 3.63) is 0 Å². The molecule has 1 aliphatic heterocycles. The molecule has 0 aromatic rings. The first-order valence-corrected chi connectivity index (χ1v) is 8.37. The number of aliphatic hydroxyl groups is 1. The Hall–Kier alpha value is -0.740. The number of carbonyl (C=O) groups excluding carboxylic acids is 1. The van der Waals surface area contributed by atoms with Crippen LogP contribution in [0.5, 0.6) is 0 Å². The van der Waals surface area contributed by atoms with E-state index in [2.05, 4.69) is 0 Å². The Morgan fingerprint density at radius 1 is 1.29 bits per heavy atom. The molecule has 1 N–H and O–H groups in total. The van der Waals surface area contributed by atoms with Gasteiger partial charge in [0.1, 0.15) is 18.3 Å². The van der Waals surface area contributed by atoms with Crippen molar-refractivity contribution in [2.45, 2.75) is 51.0 Å². The Morgan fingerprint density at radius 2 is 1.86 bits per heavy atom. The van der Waals surface area contributed by atoms with Crippen LogP contribution in [-0.2, 0) is 33.3 Å². The maximum absolute atomic E-state index is 11.3. The van der Waals surface area contributed by atoms with Gasteiger partial charge in [0, 0.05) is 6.92 Å². The number of ether oxygens (including phenoxy) is 3. The van der Waals surface area contributed by atoms with Crippen LogP contribution in [0, 0.1) is 5.92 Å². The zero-order chi connectivity index (χ0) is 16.0. The van der Waals surface area contributed by atoms with Crippen molar-refractivity contribution in [3.8, 4) is 0 Å². The minimum absolute atomic E-state index is 0.118. The molecule has 1 saturated heterocycles. The molecule has 2 fully saturated rings. The molecule has 2 aliphatic rings. The molecule has 0 spiro atoms. The third kappa shape index (κ3) is 3.72. The summed E-state index contributed by atoms with van der Waals surface area (Å²) in [5.74, 6) is -2.05. The first-order valence-electron chi connectivity index (χ1n) is 6.55. The van der Waals surface area contributed by atoms with Crippen LogP contribution in [0.15, 0.2) is 0 Å². The maximum Gasteiger partial charge on any atom is 0.302 e. The zero-order valence-electron chi connectivity index (χ0n) is 12.3. The summed E-state index contributed by atoms with van der Waals surface area (Å²) in [6.07, 6.45) is -2.71. The molecule has 1 saturated carbocycles. The zero-order valence-corrected chi connectivity index (χ0v) is 13.1. The molecule has 0 aromatic carbocycles. The van der Waals surface area contributed by atoms with E-state index in [-0.39, 0.29) is 6.61 Å². The summed E-state index contributed by atoms with van der Waals surface area (Å²) in [5.41, 5.74) is 0. The molecule has 2 rings (SSSR count). The fourth-order valence-corrected chi connectivity index (χ4v) is 3.43. The first kappa shape index (κ1) is 16.6. The highest BCUT2D eigenvalue weighted by Gasteiger charge is 2.60. The number of carbonyl (C=O) groups is 1. The molecular formula is C12H20O8S. The van der Waals surface area contributed by atoms with Gasteiger partial charge in [0.15, 0.2) is 5.79 Å². The van der Waals surface area contributed by atoms with E-state index in [0.29, 0.717) is 0 Å². The number of hydrogen-bond donors (Lipinski definition) is 1. The van der Waals surface area contributed by atoms with E-state index >= 15 is 0 Å². The van der Waals surface area contributed by atoms with Crippen molar-refractivity contribution in [1.82, 2.24) is 0 Å². The van der Waals surface area contributed by atoms with Crippen LogP contribution in [-0.4, -0.2) is 62.6 Å². The topological polar surface area (TPSA) is 108 Å². The summed E-state index contributed by atoms with van der Waals surface area (Å²) in [5, 5.41) is 10.3. The van der Waals surface area contributed by atoms with E-state index in [1.807, 2.05) is 0 Å². The summed E-state index contributed by atoms with van der Waals surface area (Å²) in [7, 11) is -3.78. The largest absolute Gasteiger partial charge is 0.465 e. The third-order valence-electron chi connectivity index (χ3n) is 3.45. The Morgan fingerprint density at radius 3 is 2.38 bits per heavy atom. The lowest BCUT2D eigenvalue weighted by molar-refractivity contribution is -0.182. The van der Waals surface area contributed by atoms with Crippen molar-refractivity contribution < 1.29 is 36.7 Å². The van der Waals surface area contributed by atoms with Gasteiger partial charge < -0.3 is 19.3 Å². The molecule has 0 aromatic heterocycles. The molecule has 0 radical (unpaired) electrons. The van der Waals surface area contributed by atoms with Crippen LogP contribution in [0.1, 0.15) is 20.8 Å². The quantitative estimate of drug-likeness (QED) is 0.540. The van der Waals surface area contributed by atoms with Gasteiger partial charge in [0.25, 0.3) is 10.1 Å². The van der Waals surface area contributed by atoms with E-state index in [0.717, 1.165) is 6.26 Å². The van der Waals surface area contributed by atoms with E-state index in [1.165, 1.54) is 6.92 Å². The Balaban J connectivity index is 2.21. The molecule has 8 nitrogen and oxygen atoms in total. The van der Waals surface area contributed by atoms with Gasteiger partial charge in [0.05, 0.1) is 24.9 Å². The smallest absolute Gasteiger partial charge is 0.302 e. The van der Waals surface area contributed by atoms with Crippen molar-refractivity contribution in [1.29, 1.82) is 0 Å². The van der Waals surface area contributed by atoms with Gasteiger partial charge in [-0.2, -0.15) is 8.42 Å². The lowest BCUT2D eigenvalue weighted by atomic mass is 10.0. The van der Waals surface area contributed by atoms with Crippen LogP contribution < -0.4 is 0 Å². The van der Waals surface area contributed by atoms with Gasteiger partial charge in [-0.05, 0) is 13.8 Å². The molecule has 21 heavy (non-hydrogen) atoms. The second-order valence-electron chi connectivity index (χ2n) is 5.79. The average Bonchev–Trinajstić information content (AvgIpc) is 2.70. The van der Waals surface area contributed by atoms with E-state index in [9.17, 15) is 18.3 Å². The van der Waals surface area contributed by atoms with Crippen LogP contribution in [0.4, 0.5) is 0 Å². The molecule has 1 heterocycles. The van der Waals surface area contributed by atoms with Gasteiger partial charge in [0.2, 0.25) is 0 Å². The van der Waals surface area contributed by atoms with E-state index in [4.69, 9.17) is 18.4 Å². The highest BCUT2D eigenvalue weighted by atomic mass is 32.2. The van der Waals surface area contributed by atoms with E-state index < -0.39 is 52.2 Å². The predicted molar refractivity (Wildman–Crippen MR) is 69.7 cm³/mol. The lowest BCUT2D eigenvalue weighted by Gasteiger charge is -2.27. The lowest BCUT2D eigenvalue weighted by Crippen LogP contribution is -2.40. The standard InChI is InChI=1S/C12H20O8S/c1-6(13)17-5-7-9(20-21(4,15)16)8(14)11-10(7)18-12(2,3)19-11/h7-11,14H,5H2,1-4H3/t7-,8-,9+,10-,11+/m0/s1. The fourth-order valence-electron chi connectivity index (χ4n) is 2.77. The van der Waals surface area contributed by atoms with Crippen LogP contribution in [0.25, 0.3) is 0 Å². The SMILES string of the molecule is CC(=O)OC[C@H]1[C@@H](OS(C)(=O)=O)[C@H](O)[C@H]2OC(C)(C)O[C@@H]12. The molecule has 0 unspecified atom stereocenters. The van der Waals surface area contributed by atoms with E-state index in [1.54, 1.807) is 13.8 Å². The van der Waals surface area contributed by atoms with Gasteiger partial charge in [-0.15, -0.1) is 0 Å². The summed E-state index contributed by atoms with van der Waals surface area (Å²) in [4.78, 5) is 11.0. The van der Waals surface area contributed by atoms with Crippen molar-refractivity contribution in [3.63, 3.8) is 0 Å². The Labute approximate surface area is 123 Å². The summed E-state index contributed by atoms with van der Waals surface area (Å²) in [6, 6.07) is 0. The Bertz CT molecular complexity index is 513. The molecule has 9 heteroatoms. The monoisotopic (exact) mass is 324 g/mol. The van der Waals surface area contributed by atoms with Gasteiger partial charge >= 0.3 is 5.97 Å². The number of hydrogen-bond acceptors (Lipinski definition) is 8. The highest BCUT2D eigenvalue weighted by molar-refractivity contribution is 7.86. The third-order valence-corrected chi connectivity index (χ3v) is 4.02. The summed E-state index contributed by atoms with van der Waals surface area (Å²) >= 11 is 0. The minimum atomic E-state index is -3.78. The van der Waals surface area contributed by atoms with Gasteiger partial charge in [-0.3, -0.25) is 8.98 Å². The van der Waals surface area contributed by atoms with Crippen LogP contribution in [0.3, 0.4) is 0 Å². The predicted octanol–water partition coefficient (Wildman–Crippen LogP) is -0.595. The van der Waals surface area contributed by atoms with Gasteiger partial charge in [-0.1, -0.05) is 0 Å². The van der Waals surface area contributed by atoms with Crippen molar-refractivity contribution >= 4 is 16.1 Å². The number of fused-ring (bicyclic) bond motifs is 1. The summed E-state index contributed by atoms with van der Waals surface area (Å²) < 4.78 is 43.8. The second kappa shape index (κ2) is 5.47. The van der Waals surface area contributed by atoms with Gasteiger partial charge in [-0.25, -0.2) is 0 Å². The van der Waals surface area contributed by atoms with Crippen LogP contribution >= 0.6 is 0 Å². The molecule has 1 aliphatic carbocycles. The Kier molecular flexibility index (Phi) is 4.33. The van der Waals surface area contributed by atoms with Crippen molar-refractivity contribution in [2.24, 2.45) is 5.92 Å². The fraction of sp³-hybridized carbons (Fsp3) is 0.917. The highest BCUT2D eigenvalue weighted by Crippen LogP contribution is 2.43. The number of rotatable bonds is 4. The summed E-state index contributed by atoms with van der Waals surface area (Å²) in [6.45, 7) is 4.50. The molecule has 122 valence electrons. The second-order valence-corrected chi connectivity index (χ2v) is 7.39. The van der Waals surface area contributed by atoms with Crippen molar-refractivity contribution in [2.75, 3.05) is 12.9 Å². The molecule has 0 bridgehead atoms. The minimum Gasteiger partial charge on any atom is -0.465 e. The average molecular weight is 324 g/mol. The first-order chi connectivity index (χ1) is 9.50. The molecule has 5 atom stereocenters. The molecule has 0 amide bonds. The number of esters is 1.